The van der Waals surface area contributed by atoms with E-state index in [0.29, 0.717) is 11.6 Å². The van der Waals surface area contributed by atoms with Gasteiger partial charge in [-0.15, -0.1) is 5.10 Å². The second-order valence-corrected chi connectivity index (χ2v) is 3.81. The molecule has 1 aromatic carbocycles. The van der Waals surface area contributed by atoms with Gasteiger partial charge in [-0.3, -0.25) is 0 Å². The minimum Gasteiger partial charge on any atom is -0.478 e. The quantitative estimate of drug-likeness (QED) is 0.857. The van der Waals surface area contributed by atoms with E-state index in [1.54, 1.807) is 12.1 Å². The third-order valence-electron chi connectivity index (χ3n) is 2.48. The number of aryl methyl sites for hydroxylation is 2. The molecule has 6 nitrogen and oxygen atoms in total. The fourth-order valence-corrected chi connectivity index (χ4v) is 1.34. The normalized spacial score (nSPS) is 10.1. The maximum absolute atomic E-state index is 10.7. The van der Waals surface area contributed by atoms with E-state index >= 15 is 0 Å². The lowest BCUT2D eigenvalue weighted by molar-refractivity contribution is 0.0697. The summed E-state index contributed by atoms with van der Waals surface area (Å²) in [5.74, 6) is -0.563. The average molecular weight is 244 g/mol. The van der Waals surface area contributed by atoms with E-state index in [0.717, 1.165) is 11.4 Å². The third-order valence-corrected chi connectivity index (χ3v) is 2.48. The van der Waals surface area contributed by atoms with Crippen LogP contribution in [0.5, 0.6) is 0 Å². The molecule has 92 valence electrons. The summed E-state index contributed by atoms with van der Waals surface area (Å²) < 4.78 is 0. The number of rotatable bonds is 3. The van der Waals surface area contributed by atoms with Gasteiger partial charge >= 0.3 is 5.97 Å². The van der Waals surface area contributed by atoms with Crippen molar-refractivity contribution < 1.29 is 9.90 Å². The summed E-state index contributed by atoms with van der Waals surface area (Å²) in [6.07, 6.45) is 0. The fourth-order valence-electron chi connectivity index (χ4n) is 1.34. The van der Waals surface area contributed by atoms with Gasteiger partial charge in [0.2, 0.25) is 5.95 Å². The monoisotopic (exact) mass is 244 g/mol. The number of hydrogen-bond acceptors (Lipinski definition) is 5. The summed E-state index contributed by atoms with van der Waals surface area (Å²) in [7, 11) is 0. The summed E-state index contributed by atoms with van der Waals surface area (Å²) in [6.45, 7) is 3.68. The van der Waals surface area contributed by atoms with Gasteiger partial charge in [0, 0.05) is 5.69 Å². The number of nitrogens with zero attached hydrogens (tertiary/aromatic N) is 3. The maximum atomic E-state index is 10.7. The first-order valence-corrected chi connectivity index (χ1v) is 5.34. The van der Waals surface area contributed by atoms with Gasteiger partial charge in [0.1, 0.15) is 0 Å². The number of aromatic nitrogens is 3. The predicted octanol–water partition coefficient (Wildman–Crippen LogP) is 1.93. The number of carbonyl (C=O) groups is 1. The largest absolute Gasteiger partial charge is 0.478 e. The Morgan fingerprint density at radius 2 is 1.78 bits per heavy atom. The zero-order chi connectivity index (χ0) is 13.1. The number of benzene rings is 1. The Labute approximate surface area is 104 Å². The van der Waals surface area contributed by atoms with E-state index in [1.807, 2.05) is 13.8 Å². The van der Waals surface area contributed by atoms with Crippen molar-refractivity contribution in [1.82, 2.24) is 15.2 Å². The molecule has 0 radical (unpaired) electrons. The van der Waals surface area contributed by atoms with Gasteiger partial charge in [-0.1, -0.05) is 0 Å². The molecule has 6 heteroatoms. The molecule has 1 heterocycles. The Hall–Kier alpha value is -2.50. The van der Waals surface area contributed by atoms with Crippen LogP contribution in [0.3, 0.4) is 0 Å². The number of hydrogen-bond donors (Lipinski definition) is 2. The van der Waals surface area contributed by atoms with E-state index in [4.69, 9.17) is 5.11 Å². The van der Waals surface area contributed by atoms with Gasteiger partial charge in [0.25, 0.3) is 0 Å². The number of carboxylic acid groups (broad SMARTS) is 1. The maximum Gasteiger partial charge on any atom is 0.335 e. The second-order valence-electron chi connectivity index (χ2n) is 3.81. The molecule has 0 aliphatic heterocycles. The first kappa shape index (κ1) is 12.0. The van der Waals surface area contributed by atoms with Crippen molar-refractivity contribution >= 4 is 17.6 Å². The van der Waals surface area contributed by atoms with E-state index in [1.165, 1.54) is 12.1 Å². The predicted molar refractivity (Wildman–Crippen MR) is 66.0 cm³/mol. The van der Waals surface area contributed by atoms with Crippen molar-refractivity contribution in [2.24, 2.45) is 0 Å². The number of nitrogens with one attached hydrogen (secondary N) is 1. The standard InChI is InChI=1S/C12H12N4O2/c1-7-8(2)15-16-12(13-7)14-10-5-3-9(4-6-10)11(17)18/h3-6H,1-2H3,(H,17,18)(H,13,14,16). The minimum atomic E-state index is -0.953. The lowest BCUT2D eigenvalue weighted by Gasteiger charge is -2.05. The average Bonchev–Trinajstić information content (AvgIpc) is 2.34. The molecule has 0 unspecified atom stereocenters. The Kier molecular flexibility index (Phi) is 3.18. The van der Waals surface area contributed by atoms with Crippen LogP contribution in [0.2, 0.25) is 0 Å². The highest BCUT2D eigenvalue weighted by Gasteiger charge is 2.04. The molecule has 18 heavy (non-hydrogen) atoms. The highest BCUT2D eigenvalue weighted by atomic mass is 16.4. The Bertz CT molecular complexity index is 581. The molecule has 0 aliphatic rings. The Morgan fingerprint density at radius 1 is 1.11 bits per heavy atom. The molecular formula is C12H12N4O2. The van der Waals surface area contributed by atoms with Crippen LogP contribution in [0.25, 0.3) is 0 Å². The van der Waals surface area contributed by atoms with Crippen LogP contribution in [-0.4, -0.2) is 26.3 Å². The molecule has 0 saturated heterocycles. The third kappa shape index (κ3) is 2.60. The summed E-state index contributed by atoms with van der Waals surface area (Å²) in [5, 5.41) is 19.6. The molecule has 2 N–H and O–H groups in total. The van der Waals surface area contributed by atoms with E-state index in [2.05, 4.69) is 20.5 Å². The zero-order valence-electron chi connectivity index (χ0n) is 10.0. The SMILES string of the molecule is Cc1nnc(Nc2ccc(C(=O)O)cc2)nc1C. The van der Waals surface area contributed by atoms with Gasteiger partial charge in [0.05, 0.1) is 17.0 Å². The smallest absolute Gasteiger partial charge is 0.335 e. The van der Waals surface area contributed by atoms with E-state index < -0.39 is 5.97 Å². The molecule has 0 aliphatic carbocycles. The van der Waals surface area contributed by atoms with Crippen LogP contribution in [0.4, 0.5) is 11.6 Å². The number of carboxylic acids is 1. The topological polar surface area (TPSA) is 88.0 Å². The Morgan fingerprint density at radius 3 is 2.33 bits per heavy atom. The fraction of sp³-hybridized carbons (Fsp3) is 0.167. The molecule has 0 bridgehead atoms. The first-order chi connectivity index (χ1) is 8.56. The molecular weight excluding hydrogens is 232 g/mol. The summed E-state index contributed by atoms with van der Waals surface area (Å²) in [6, 6.07) is 6.34. The Balaban J connectivity index is 2.18. The molecule has 0 atom stereocenters. The lowest BCUT2D eigenvalue weighted by Crippen LogP contribution is -2.03. The van der Waals surface area contributed by atoms with Gasteiger partial charge in [0.15, 0.2) is 0 Å². The summed E-state index contributed by atoms with van der Waals surface area (Å²) in [5.41, 5.74) is 2.53. The van der Waals surface area contributed by atoms with Crippen molar-refractivity contribution in [2.75, 3.05) is 5.32 Å². The summed E-state index contributed by atoms with van der Waals surface area (Å²) >= 11 is 0. The molecule has 0 fully saturated rings. The number of aromatic carboxylic acids is 1. The molecule has 1 aromatic heterocycles. The second kappa shape index (κ2) is 4.79. The van der Waals surface area contributed by atoms with Crippen LogP contribution in [0, 0.1) is 13.8 Å². The van der Waals surface area contributed by atoms with Crippen LogP contribution < -0.4 is 5.32 Å². The highest BCUT2D eigenvalue weighted by molar-refractivity contribution is 5.88. The van der Waals surface area contributed by atoms with Crippen LogP contribution in [0.15, 0.2) is 24.3 Å². The van der Waals surface area contributed by atoms with Crippen molar-refractivity contribution in [3.8, 4) is 0 Å². The van der Waals surface area contributed by atoms with Gasteiger partial charge < -0.3 is 10.4 Å². The van der Waals surface area contributed by atoms with E-state index in [9.17, 15) is 4.79 Å². The molecule has 0 saturated carbocycles. The van der Waals surface area contributed by atoms with Crippen LogP contribution >= 0.6 is 0 Å². The van der Waals surface area contributed by atoms with Gasteiger partial charge in [-0.05, 0) is 38.1 Å². The van der Waals surface area contributed by atoms with Gasteiger partial charge in [-0.2, -0.15) is 5.10 Å². The van der Waals surface area contributed by atoms with Crippen molar-refractivity contribution in [2.45, 2.75) is 13.8 Å². The minimum absolute atomic E-state index is 0.236. The van der Waals surface area contributed by atoms with Crippen molar-refractivity contribution in [3.05, 3.63) is 41.2 Å². The first-order valence-electron chi connectivity index (χ1n) is 5.34. The van der Waals surface area contributed by atoms with Gasteiger partial charge in [-0.25, -0.2) is 9.78 Å². The number of anilines is 2. The van der Waals surface area contributed by atoms with Crippen LogP contribution in [0.1, 0.15) is 21.7 Å². The lowest BCUT2D eigenvalue weighted by atomic mass is 10.2. The molecule has 0 spiro atoms. The molecule has 0 amide bonds. The van der Waals surface area contributed by atoms with Crippen molar-refractivity contribution in [3.63, 3.8) is 0 Å². The highest BCUT2D eigenvalue weighted by Crippen LogP contribution is 2.14. The van der Waals surface area contributed by atoms with Crippen molar-refractivity contribution in [1.29, 1.82) is 0 Å². The molecule has 2 rings (SSSR count). The van der Waals surface area contributed by atoms with E-state index in [-0.39, 0.29) is 5.56 Å². The summed E-state index contributed by atoms with van der Waals surface area (Å²) in [4.78, 5) is 14.9. The van der Waals surface area contributed by atoms with Crippen LogP contribution in [-0.2, 0) is 0 Å². The zero-order valence-corrected chi connectivity index (χ0v) is 10.0. The molecule has 2 aromatic rings.